The third kappa shape index (κ3) is 21.6. The highest BCUT2D eigenvalue weighted by atomic mass is 16.4. The molecule has 0 aromatic rings. The summed E-state index contributed by atoms with van der Waals surface area (Å²) in [5, 5.41) is 18.0. The van der Waals surface area contributed by atoms with Gasteiger partial charge in [0.1, 0.15) is 0 Å². The third-order valence-corrected chi connectivity index (χ3v) is 6.20. The van der Waals surface area contributed by atoms with E-state index >= 15 is 0 Å². The Balaban J connectivity index is 3.43. The Bertz CT molecular complexity index is 394. The van der Waals surface area contributed by atoms with Gasteiger partial charge in [-0.3, -0.25) is 9.59 Å². The Kier molecular flexibility index (Phi) is 21.8. The van der Waals surface area contributed by atoms with Crippen LogP contribution in [-0.2, 0) is 9.59 Å². The molecule has 0 aromatic heterocycles. The van der Waals surface area contributed by atoms with E-state index in [2.05, 4.69) is 6.92 Å². The van der Waals surface area contributed by atoms with Crippen LogP contribution in [0.15, 0.2) is 0 Å². The summed E-state index contributed by atoms with van der Waals surface area (Å²) < 4.78 is 0. The number of hydrogen-bond acceptors (Lipinski definition) is 2. The van der Waals surface area contributed by atoms with Crippen molar-refractivity contribution in [3.8, 4) is 0 Å². The van der Waals surface area contributed by atoms with E-state index in [1.165, 1.54) is 83.5 Å². The highest BCUT2D eigenvalue weighted by Gasteiger charge is 2.16. The molecule has 1 unspecified atom stereocenters. The van der Waals surface area contributed by atoms with E-state index in [0.29, 0.717) is 6.42 Å². The molecule has 0 spiro atoms. The molecular weight excluding hydrogens is 376 g/mol. The van der Waals surface area contributed by atoms with Crippen LogP contribution < -0.4 is 0 Å². The predicted molar refractivity (Wildman–Crippen MR) is 126 cm³/mol. The molecule has 4 nitrogen and oxygen atoms in total. The lowest BCUT2D eigenvalue weighted by molar-refractivity contribution is -0.142. The van der Waals surface area contributed by atoms with Crippen molar-refractivity contribution in [2.75, 3.05) is 0 Å². The molecule has 0 aliphatic rings. The van der Waals surface area contributed by atoms with E-state index < -0.39 is 11.9 Å². The molecule has 0 rings (SSSR count). The van der Waals surface area contributed by atoms with Crippen molar-refractivity contribution in [2.24, 2.45) is 5.92 Å². The molecule has 0 bridgehead atoms. The second-order valence-corrected chi connectivity index (χ2v) is 9.12. The van der Waals surface area contributed by atoms with Crippen LogP contribution in [0.1, 0.15) is 148 Å². The van der Waals surface area contributed by atoms with Crippen LogP contribution in [-0.4, -0.2) is 22.2 Å². The van der Waals surface area contributed by atoms with Crippen LogP contribution in [0.4, 0.5) is 0 Å². The number of aliphatic carboxylic acids is 2. The summed E-state index contributed by atoms with van der Waals surface area (Å²) in [6, 6.07) is 0. The highest BCUT2D eigenvalue weighted by molar-refractivity contribution is 5.69. The smallest absolute Gasteiger partial charge is 0.306 e. The van der Waals surface area contributed by atoms with E-state index in [-0.39, 0.29) is 5.92 Å². The summed E-state index contributed by atoms with van der Waals surface area (Å²) >= 11 is 0. The maximum Gasteiger partial charge on any atom is 0.306 e. The molecule has 0 radical (unpaired) electrons. The van der Waals surface area contributed by atoms with Crippen molar-refractivity contribution in [1.29, 1.82) is 0 Å². The topological polar surface area (TPSA) is 74.6 Å². The summed E-state index contributed by atoms with van der Waals surface area (Å²) in [6.45, 7) is 2.24. The molecule has 2 N–H and O–H groups in total. The van der Waals surface area contributed by atoms with Gasteiger partial charge in [-0.25, -0.2) is 0 Å². The molecule has 0 aromatic carbocycles. The van der Waals surface area contributed by atoms with Crippen molar-refractivity contribution in [2.45, 2.75) is 148 Å². The zero-order valence-electron chi connectivity index (χ0n) is 19.8. The minimum absolute atomic E-state index is 0.133. The van der Waals surface area contributed by atoms with Gasteiger partial charge in [0.15, 0.2) is 0 Å². The first-order valence-electron chi connectivity index (χ1n) is 13.0. The molecule has 1 atom stereocenters. The maximum absolute atomic E-state index is 11.5. The van der Waals surface area contributed by atoms with Crippen LogP contribution in [0.25, 0.3) is 0 Å². The second-order valence-electron chi connectivity index (χ2n) is 9.12. The number of carboxylic acids is 2. The van der Waals surface area contributed by atoms with Gasteiger partial charge in [0, 0.05) is 6.42 Å². The molecule has 0 aliphatic heterocycles. The molecule has 30 heavy (non-hydrogen) atoms. The fourth-order valence-electron chi connectivity index (χ4n) is 4.17. The van der Waals surface area contributed by atoms with Gasteiger partial charge in [-0.15, -0.1) is 0 Å². The van der Waals surface area contributed by atoms with E-state index in [9.17, 15) is 14.7 Å². The minimum atomic E-state index is -0.683. The largest absolute Gasteiger partial charge is 0.481 e. The van der Waals surface area contributed by atoms with E-state index in [1.807, 2.05) is 0 Å². The quantitative estimate of drug-likeness (QED) is 0.152. The molecule has 0 heterocycles. The lowest BCUT2D eigenvalue weighted by atomic mass is 9.94. The standard InChI is InChI=1S/C26H50O4/c1-2-3-4-5-6-12-15-18-21-24(26(29)30)22-19-16-13-10-8-7-9-11-14-17-20-23-25(27)28/h24H,2-23H2,1H3,(H,27,28)(H,29,30). The van der Waals surface area contributed by atoms with Crippen LogP contribution >= 0.6 is 0 Å². The molecule has 0 saturated heterocycles. The van der Waals surface area contributed by atoms with Gasteiger partial charge in [0.05, 0.1) is 5.92 Å². The lowest BCUT2D eigenvalue weighted by Crippen LogP contribution is -2.13. The van der Waals surface area contributed by atoms with Gasteiger partial charge in [-0.2, -0.15) is 0 Å². The number of unbranched alkanes of at least 4 members (excludes halogenated alkanes) is 17. The SMILES string of the molecule is CCCCCCCCCCC(CCCCCCCCCCCCCC(=O)O)C(=O)O. The number of rotatable bonds is 24. The summed E-state index contributed by atoms with van der Waals surface area (Å²) in [5.74, 6) is -1.41. The van der Waals surface area contributed by atoms with Crippen molar-refractivity contribution < 1.29 is 19.8 Å². The fraction of sp³-hybridized carbons (Fsp3) is 0.923. The number of carboxylic acid groups (broad SMARTS) is 2. The molecule has 178 valence electrons. The summed E-state index contributed by atoms with van der Waals surface area (Å²) in [6.07, 6.45) is 24.9. The van der Waals surface area contributed by atoms with Crippen molar-refractivity contribution in [1.82, 2.24) is 0 Å². The molecular formula is C26H50O4. The first-order chi connectivity index (χ1) is 14.6. The Morgan fingerprint density at radius 1 is 0.533 bits per heavy atom. The van der Waals surface area contributed by atoms with Gasteiger partial charge >= 0.3 is 11.9 Å². The van der Waals surface area contributed by atoms with Gasteiger partial charge in [-0.1, -0.05) is 122 Å². The zero-order chi connectivity index (χ0) is 22.3. The van der Waals surface area contributed by atoms with E-state index in [1.54, 1.807) is 0 Å². The van der Waals surface area contributed by atoms with E-state index in [0.717, 1.165) is 51.4 Å². The fourth-order valence-corrected chi connectivity index (χ4v) is 4.17. The number of hydrogen-bond donors (Lipinski definition) is 2. The Labute approximate surface area is 186 Å². The van der Waals surface area contributed by atoms with Gasteiger partial charge < -0.3 is 10.2 Å². The Morgan fingerprint density at radius 2 is 0.867 bits per heavy atom. The van der Waals surface area contributed by atoms with Gasteiger partial charge in [0.25, 0.3) is 0 Å². The second kappa shape index (κ2) is 22.6. The van der Waals surface area contributed by atoms with Crippen molar-refractivity contribution in [3.05, 3.63) is 0 Å². The van der Waals surface area contributed by atoms with E-state index in [4.69, 9.17) is 5.11 Å². The average molecular weight is 427 g/mol. The van der Waals surface area contributed by atoms with Gasteiger partial charge in [-0.05, 0) is 19.3 Å². The average Bonchev–Trinajstić information content (AvgIpc) is 2.71. The van der Waals surface area contributed by atoms with Crippen LogP contribution in [0.2, 0.25) is 0 Å². The Hall–Kier alpha value is -1.06. The molecule has 0 saturated carbocycles. The summed E-state index contributed by atoms with van der Waals surface area (Å²) in [4.78, 5) is 21.9. The van der Waals surface area contributed by atoms with Crippen LogP contribution in [0.3, 0.4) is 0 Å². The monoisotopic (exact) mass is 426 g/mol. The normalized spacial score (nSPS) is 12.2. The molecule has 0 fully saturated rings. The minimum Gasteiger partial charge on any atom is -0.481 e. The lowest BCUT2D eigenvalue weighted by Gasteiger charge is -2.12. The molecule has 0 aliphatic carbocycles. The van der Waals surface area contributed by atoms with Gasteiger partial charge in [0.2, 0.25) is 0 Å². The van der Waals surface area contributed by atoms with Crippen molar-refractivity contribution in [3.63, 3.8) is 0 Å². The zero-order valence-corrected chi connectivity index (χ0v) is 19.8. The maximum atomic E-state index is 11.5. The van der Waals surface area contributed by atoms with Crippen molar-refractivity contribution >= 4 is 11.9 Å². The summed E-state index contributed by atoms with van der Waals surface area (Å²) in [7, 11) is 0. The molecule has 0 amide bonds. The molecule has 4 heteroatoms. The number of carbonyl (C=O) groups is 2. The predicted octanol–water partition coefficient (Wildman–Crippen LogP) is 8.37. The highest BCUT2D eigenvalue weighted by Crippen LogP contribution is 2.20. The first-order valence-corrected chi connectivity index (χ1v) is 13.0. The third-order valence-electron chi connectivity index (χ3n) is 6.20. The Morgan fingerprint density at radius 3 is 1.20 bits per heavy atom. The van der Waals surface area contributed by atoms with Crippen LogP contribution in [0.5, 0.6) is 0 Å². The summed E-state index contributed by atoms with van der Waals surface area (Å²) in [5.41, 5.74) is 0. The van der Waals surface area contributed by atoms with Crippen LogP contribution in [0, 0.1) is 5.92 Å². The first kappa shape index (κ1) is 28.9.